The number of hydrogen-bond donors (Lipinski definition) is 2. The molecule has 0 aliphatic carbocycles. The summed E-state index contributed by atoms with van der Waals surface area (Å²) in [4.78, 5) is 18.0. The molecule has 5 aliphatic rings. The van der Waals surface area contributed by atoms with Crippen LogP contribution in [0, 0.1) is 5.92 Å². The van der Waals surface area contributed by atoms with E-state index in [9.17, 15) is 4.79 Å². The smallest absolute Gasteiger partial charge is 0.271 e. The molecule has 7 heteroatoms. The van der Waals surface area contributed by atoms with E-state index in [1.54, 1.807) is 0 Å². The lowest BCUT2D eigenvalue weighted by molar-refractivity contribution is 0.0619. The maximum Gasteiger partial charge on any atom is 0.271 e. The zero-order chi connectivity index (χ0) is 19.8. The van der Waals surface area contributed by atoms with Gasteiger partial charge in [0.1, 0.15) is 5.69 Å². The average Bonchev–Trinajstić information content (AvgIpc) is 3.45. The van der Waals surface area contributed by atoms with Crippen LogP contribution in [0.4, 0.5) is 0 Å². The van der Waals surface area contributed by atoms with Crippen molar-refractivity contribution in [2.45, 2.75) is 49.9 Å². The summed E-state index contributed by atoms with van der Waals surface area (Å²) in [6.45, 7) is 6.78. The van der Waals surface area contributed by atoms with E-state index in [0.717, 1.165) is 23.2 Å². The fraction of sp³-hybridized carbons (Fsp3) is 0.636. The lowest BCUT2D eigenvalue weighted by atomic mass is 9.84. The molecule has 1 aromatic heterocycles. The largest absolute Gasteiger partial charge is 0.346 e. The Bertz CT molecular complexity index is 963. The molecule has 154 valence electrons. The number of piperidine rings is 3. The SMILES string of the molecule is CN1[C@@H]2CN[C@H](C2)C1(C)c1ccc2c(C(=O)N[C@H]3CN4CCC3CC4)nsc2c1. The predicted octanol–water partition coefficient (Wildman–Crippen LogP) is 2.01. The summed E-state index contributed by atoms with van der Waals surface area (Å²) in [7, 11) is 2.25. The summed E-state index contributed by atoms with van der Waals surface area (Å²) in [5.74, 6) is 0.619. The third-order valence-electron chi connectivity index (χ3n) is 8.31. The van der Waals surface area contributed by atoms with Gasteiger partial charge in [0.05, 0.1) is 10.2 Å². The minimum Gasteiger partial charge on any atom is -0.346 e. The summed E-state index contributed by atoms with van der Waals surface area (Å²) in [5.41, 5.74) is 1.91. The molecule has 0 saturated carbocycles. The molecule has 4 bridgehead atoms. The highest BCUT2D eigenvalue weighted by Gasteiger charge is 2.53. The molecule has 2 aromatic rings. The van der Waals surface area contributed by atoms with Crippen LogP contribution in [0.2, 0.25) is 0 Å². The highest BCUT2D eigenvalue weighted by molar-refractivity contribution is 7.13. The molecule has 4 atom stereocenters. The Labute approximate surface area is 175 Å². The number of likely N-dealkylation sites (N-methyl/N-ethyl adjacent to an activating group) is 1. The van der Waals surface area contributed by atoms with E-state index >= 15 is 0 Å². The number of rotatable bonds is 3. The van der Waals surface area contributed by atoms with Crippen LogP contribution in [0.3, 0.4) is 0 Å². The summed E-state index contributed by atoms with van der Waals surface area (Å²) in [5, 5.41) is 7.97. The van der Waals surface area contributed by atoms with Gasteiger partial charge in [-0.3, -0.25) is 9.69 Å². The van der Waals surface area contributed by atoms with Crippen molar-refractivity contribution in [1.29, 1.82) is 0 Å². The number of aromatic nitrogens is 1. The molecule has 5 aliphatic heterocycles. The number of fused-ring (bicyclic) bond motifs is 6. The van der Waals surface area contributed by atoms with Crippen molar-refractivity contribution in [3.63, 3.8) is 0 Å². The van der Waals surface area contributed by atoms with Crippen LogP contribution in [-0.4, -0.2) is 71.4 Å². The minimum atomic E-state index is -0.00679. The second-order valence-electron chi connectivity index (χ2n) is 9.57. The van der Waals surface area contributed by atoms with Crippen molar-refractivity contribution in [3.05, 3.63) is 29.5 Å². The first kappa shape index (κ1) is 18.2. The highest BCUT2D eigenvalue weighted by Crippen LogP contribution is 2.45. The van der Waals surface area contributed by atoms with Crippen LogP contribution >= 0.6 is 11.5 Å². The van der Waals surface area contributed by atoms with Gasteiger partial charge >= 0.3 is 0 Å². The summed E-state index contributed by atoms with van der Waals surface area (Å²) in [6.07, 6.45) is 3.61. The van der Waals surface area contributed by atoms with Gasteiger partial charge in [-0.05, 0) is 75.4 Å². The Hall–Kier alpha value is -1.54. The van der Waals surface area contributed by atoms with E-state index in [4.69, 9.17) is 0 Å². The lowest BCUT2D eigenvalue weighted by Gasteiger charge is -2.44. The molecule has 1 amide bonds. The van der Waals surface area contributed by atoms with Crippen LogP contribution in [0.15, 0.2) is 18.2 Å². The molecule has 5 fully saturated rings. The fourth-order valence-corrected chi connectivity index (χ4v) is 7.07. The minimum absolute atomic E-state index is 0.000696. The zero-order valence-corrected chi connectivity index (χ0v) is 18.0. The Morgan fingerprint density at radius 2 is 2.17 bits per heavy atom. The van der Waals surface area contributed by atoms with Crippen LogP contribution in [0.25, 0.3) is 10.1 Å². The number of hydrogen-bond acceptors (Lipinski definition) is 6. The fourth-order valence-electron chi connectivity index (χ4n) is 6.25. The number of carbonyl (C=O) groups is 1. The third kappa shape index (κ3) is 2.64. The van der Waals surface area contributed by atoms with E-state index in [2.05, 4.69) is 57.0 Å². The maximum atomic E-state index is 13.0. The molecule has 1 aromatic carbocycles. The van der Waals surface area contributed by atoms with Gasteiger partial charge in [0.25, 0.3) is 5.91 Å². The van der Waals surface area contributed by atoms with Gasteiger partial charge in [0.15, 0.2) is 0 Å². The number of carbonyl (C=O) groups excluding carboxylic acids is 1. The molecule has 5 saturated heterocycles. The molecule has 29 heavy (non-hydrogen) atoms. The maximum absolute atomic E-state index is 13.0. The number of piperazine rings is 1. The normalized spacial score (nSPS) is 38.8. The number of likely N-dealkylation sites (tertiary alicyclic amines) is 1. The van der Waals surface area contributed by atoms with E-state index < -0.39 is 0 Å². The first-order valence-corrected chi connectivity index (χ1v) is 11.7. The van der Waals surface area contributed by atoms with Crippen molar-refractivity contribution in [2.24, 2.45) is 5.92 Å². The van der Waals surface area contributed by atoms with Crippen molar-refractivity contribution in [2.75, 3.05) is 33.2 Å². The van der Waals surface area contributed by atoms with Gasteiger partial charge in [0, 0.05) is 36.6 Å². The molecule has 6 heterocycles. The second kappa shape index (κ2) is 6.48. The van der Waals surface area contributed by atoms with Gasteiger partial charge in [-0.15, -0.1) is 0 Å². The van der Waals surface area contributed by atoms with E-state index in [0.29, 0.717) is 23.7 Å². The molecule has 0 radical (unpaired) electrons. The zero-order valence-electron chi connectivity index (χ0n) is 17.1. The van der Waals surface area contributed by atoms with Gasteiger partial charge < -0.3 is 15.5 Å². The Balaban J connectivity index is 1.27. The number of benzene rings is 1. The quantitative estimate of drug-likeness (QED) is 0.809. The van der Waals surface area contributed by atoms with E-state index in [1.165, 1.54) is 49.4 Å². The molecule has 0 spiro atoms. The van der Waals surface area contributed by atoms with Crippen LogP contribution in [0.1, 0.15) is 42.2 Å². The van der Waals surface area contributed by atoms with Crippen molar-refractivity contribution >= 4 is 27.5 Å². The van der Waals surface area contributed by atoms with Crippen molar-refractivity contribution < 1.29 is 4.79 Å². The first-order chi connectivity index (χ1) is 14.0. The van der Waals surface area contributed by atoms with E-state index in [-0.39, 0.29) is 17.5 Å². The van der Waals surface area contributed by atoms with Crippen LogP contribution in [0.5, 0.6) is 0 Å². The van der Waals surface area contributed by atoms with Gasteiger partial charge in [-0.25, -0.2) is 0 Å². The Morgan fingerprint density at radius 1 is 1.34 bits per heavy atom. The van der Waals surface area contributed by atoms with Crippen LogP contribution < -0.4 is 10.6 Å². The topological polar surface area (TPSA) is 60.5 Å². The molecular formula is C22H29N5OS. The number of nitrogens with zero attached hydrogens (tertiary/aromatic N) is 3. The standard InChI is InChI=1S/C22H29N5OS/c1-22(19-10-15(11-23-19)26(22)2)14-3-4-16-18(9-14)29-25-20(16)21(28)24-17-12-27-7-5-13(17)6-8-27/h3-4,9,13,15,17,19,23H,5-8,10-12H2,1-2H3,(H,24,28)/t15-,17-,19+,22?/m0/s1. The molecule has 2 N–H and O–H groups in total. The van der Waals surface area contributed by atoms with E-state index in [1.807, 2.05) is 0 Å². The van der Waals surface area contributed by atoms with Crippen LogP contribution in [-0.2, 0) is 5.54 Å². The number of amides is 1. The summed E-state index contributed by atoms with van der Waals surface area (Å²) >= 11 is 1.45. The lowest BCUT2D eigenvalue weighted by Crippen LogP contribution is -2.57. The van der Waals surface area contributed by atoms with Crippen molar-refractivity contribution in [3.8, 4) is 0 Å². The molecule has 6 nitrogen and oxygen atoms in total. The summed E-state index contributed by atoms with van der Waals surface area (Å²) in [6, 6.07) is 7.96. The third-order valence-corrected chi connectivity index (χ3v) is 9.12. The predicted molar refractivity (Wildman–Crippen MR) is 115 cm³/mol. The van der Waals surface area contributed by atoms with Gasteiger partial charge in [-0.2, -0.15) is 4.37 Å². The first-order valence-electron chi connectivity index (χ1n) is 10.9. The van der Waals surface area contributed by atoms with Gasteiger partial charge in [0.2, 0.25) is 0 Å². The summed E-state index contributed by atoms with van der Waals surface area (Å²) < 4.78 is 5.68. The van der Waals surface area contributed by atoms with Gasteiger partial charge in [-0.1, -0.05) is 12.1 Å². The Kier molecular flexibility index (Phi) is 4.08. The molecule has 1 unspecified atom stereocenters. The average molecular weight is 412 g/mol. The number of nitrogens with one attached hydrogen (secondary N) is 2. The Morgan fingerprint density at radius 3 is 2.86 bits per heavy atom. The monoisotopic (exact) mass is 411 g/mol. The highest BCUT2D eigenvalue weighted by atomic mass is 32.1. The van der Waals surface area contributed by atoms with Crippen molar-refractivity contribution in [1.82, 2.24) is 24.8 Å². The molecular weight excluding hydrogens is 382 g/mol. The molecule has 7 rings (SSSR count). The second-order valence-corrected chi connectivity index (χ2v) is 10.4.